The van der Waals surface area contributed by atoms with Crippen molar-refractivity contribution < 1.29 is 4.39 Å². The topological polar surface area (TPSA) is 26.0 Å². The van der Waals surface area contributed by atoms with Gasteiger partial charge in [0.15, 0.2) is 0 Å². The maximum atomic E-state index is 14.0. The van der Waals surface area contributed by atoms with Crippen LogP contribution in [0.25, 0.3) is 0 Å². The Bertz CT molecular complexity index is 595. The van der Waals surface area contributed by atoms with Crippen molar-refractivity contribution >= 4 is 15.9 Å². The molecule has 1 unspecified atom stereocenters. The fourth-order valence-corrected chi connectivity index (χ4v) is 2.48. The van der Waals surface area contributed by atoms with Gasteiger partial charge in [-0.15, -0.1) is 0 Å². The van der Waals surface area contributed by atoms with Crippen molar-refractivity contribution in [3.63, 3.8) is 0 Å². The molecule has 0 fully saturated rings. The molecule has 0 bridgehead atoms. The predicted octanol–water partition coefficient (Wildman–Crippen LogP) is 4.45. The maximum Gasteiger partial charge on any atom is 0.142 e. The summed E-state index contributed by atoms with van der Waals surface area (Å²) >= 11 is 3.19. The summed E-state index contributed by atoms with van der Waals surface area (Å²) in [5, 5.41) is 0. The number of hydrogen-bond acceptors (Lipinski definition) is 1. The van der Waals surface area contributed by atoms with Gasteiger partial charge in [-0.1, -0.05) is 30.3 Å². The lowest BCUT2D eigenvalue weighted by atomic mass is 9.97. The van der Waals surface area contributed by atoms with E-state index >= 15 is 0 Å². The van der Waals surface area contributed by atoms with Gasteiger partial charge in [-0.2, -0.15) is 0 Å². The molecule has 0 aliphatic carbocycles. The summed E-state index contributed by atoms with van der Waals surface area (Å²) in [5.74, 6) is -0.265. The summed E-state index contributed by atoms with van der Waals surface area (Å²) < 4.78 is 14.4. The molecule has 0 aliphatic rings. The molecule has 0 radical (unpaired) electrons. The molecule has 3 heteroatoms. The first-order chi connectivity index (χ1) is 8.99. The quantitative estimate of drug-likeness (QED) is 0.888. The molecule has 100 valence electrons. The summed E-state index contributed by atoms with van der Waals surface area (Å²) in [5.41, 5.74) is 10.3. The molecule has 19 heavy (non-hydrogen) atoms. The van der Waals surface area contributed by atoms with Crippen LogP contribution < -0.4 is 5.73 Å². The van der Waals surface area contributed by atoms with E-state index in [1.54, 1.807) is 12.1 Å². The Morgan fingerprint density at radius 2 is 1.89 bits per heavy atom. The fraction of sp³-hybridized carbons (Fsp3) is 0.250. The zero-order chi connectivity index (χ0) is 14.0. The molecule has 0 spiro atoms. The van der Waals surface area contributed by atoms with Crippen LogP contribution in [0.1, 0.15) is 28.3 Å². The Kier molecular flexibility index (Phi) is 4.38. The Balaban J connectivity index is 2.23. The Morgan fingerprint density at radius 1 is 1.16 bits per heavy atom. The first kappa shape index (κ1) is 14.2. The van der Waals surface area contributed by atoms with Gasteiger partial charge in [0.1, 0.15) is 5.82 Å². The maximum absolute atomic E-state index is 14.0. The van der Waals surface area contributed by atoms with E-state index in [2.05, 4.69) is 48.0 Å². The lowest BCUT2D eigenvalue weighted by Gasteiger charge is -2.14. The van der Waals surface area contributed by atoms with E-state index in [-0.39, 0.29) is 11.9 Å². The number of rotatable bonds is 3. The van der Waals surface area contributed by atoms with Crippen molar-refractivity contribution in [1.29, 1.82) is 0 Å². The Labute approximate surface area is 121 Å². The number of benzene rings is 2. The molecule has 0 saturated carbocycles. The predicted molar refractivity (Wildman–Crippen MR) is 80.6 cm³/mol. The number of hydrogen-bond donors (Lipinski definition) is 1. The van der Waals surface area contributed by atoms with E-state index < -0.39 is 0 Å². The highest BCUT2D eigenvalue weighted by atomic mass is 79.9. The SMILES string of the molecule is Cc1ccc(CC(N)c2cccc(Br)c2F)cc1C. The van der Waals surface area contributed by atoms with Gasteiger partial charge in [-0.05, 0) is 59.0 Å². The molecule has 1 nitrogen and oxygen atoms in total. The lowest BCUT2D eigenvalue weighted by Crippen LogP contribution is -2.15. The van der Waals surface area contributed by atoms with Crippen molar-refractivity contribution in [3.8, 4) is 0 Å². The third kappa shape index (κ3) is 3.23. The molecule has 0 heterocycles. The molecule has 0 aliphatic heterocycles. The second kappa shape index (κ2) is 5.85. The summed E-state index contributed by atoms with van der Waals surface area (Å²) in [6, 6.07) is 11.1. The van der Waals surface area contributed by atoms with E-state index in [0.717, 1.165) is 5.56 Å². The van der Waals surface area contributed by atoms with Crippen LogP contribution in [0, 0.1) is 19.7 Å². The zero-order valence-electron chi connectivity index (χ0n) is 11.1. The third-order valence-electron chi connectivity index (χ3n) is 3.41. The molecule has 2 aromatic carbocycles. The van der Waals surface area contributed by atoms with Gasteiger partial charge >= 0.3 is 0 Å². The van der Waals surface area contributed by atoms with E-state index in [0.29, 0.717) is 16.5 Å². The molecule has 0 saturated heterocycles. The van der Waals surface area contributed by atoms with E-state index in [1.807, 2.05) is 6.07 Å². The standard InChI is InChI=1S/C16H17BrFN/c1-10-6-7-12(8-11(10)2)9-15(19)13-4-3-5-14(17)16(13)18/h3-8,15H,9,19H2,1-2H3. The second-order valence-electron chi connectivity index (χ2n) is 4.87. The molecular formula is C16H17BrFN. The van der Waals surface area contributed by atoms with Crippen LogP contribution in [-0.4, -0.2) is 0 Å². The lowest BCUT2D eigenvalue weighted by molar-refractivity contribution is 0.575. The van der Waals surface area contributed by atoms with E-state index in [1.165, 1.54) is 11.1 Å². The minimum absolute atomic E-state index is 0.265. The van der Waals surface area contributed by atoms with Crippen LogP contribution in [0.2, 0.25) is 0 Å². The Hall–Kier alpha value is -1.19. The van der Waals surface area contributed by atoms with E-state index in [9.17, 15) is 4.39 Å². The number of halogens is 2. The third-order valence-corrected chi connectivity index (χ3v) is 4.02. The van der Waals surface area contributed by atoms with Crippen LogP contribution in [0.3, 0.4) is 0 Å². The second-order valence-corrected chi connectivity index (χ2v) is 5.73. The highest BCUT2D eigenvalue weighted by Crippen LogP contribution is 2.25. The van der Waals surface area contributed by atoms with E-state index in [4.69, 9.17) is 5.73 Å². The van der Waals surface area contributed by atoms with Crippen molar-refractivity contribution in [1.82, 2.24) is 0 Å². The van der Waals surface area contributed by atoms with Crippen LogP contribution in [0.5, 0.6) is 0 Å². The Morgan fingerprint density at radius 3 is 2.58 bits per heavy atom. The van der Waals surface area contributed by atoms with Crippen molar-refractivity contribution in [2.75, 3.05) is 0 Å². The molecule has 2 N–H and O–H groups in total. The zero-order valence-corrected chi connectivity index (χ0v) is 12.7. The summed E-state index contributed by atoms with van der Waals surface area (Å²) in [7, 11) is 0. The summed E-state index contributed by atoms with van der Waals surface area (Å²) in [4.78, 5) is 0. The minimum Gasteiger partial charge on any atom is -0.324 e. The van der Waals surface area contributed by atoms with Gasteiger partial charge < -0.3 is 5.73 Å². The van der Waals surface area contributed by atoms with Gasteiger partial charge in [0.05, 0.1) is 4.47 Å². The first-order valence-corrected chi connectivity index (χ1v) is 7.04. The highest BCUT2D eigenvalue weighted by Gasteiger charge is 2.14. The monoisotopic (exact) mass is 321 g/mol. The molecule has 0 amide bonds. The van der Waals surface area contributed by atoms with Crippen molar-refractivity contribution in [2.45, 2.75) is 26.3 Å². The molecular weight excluding hydrogens is 305 g/mol. The first-order valence-electron chi connectivity index (χ1n) is 6.24. The number of aryl methyl sites for hydroxylation is 2. The van der Waals surface area contributed by atoms with Gasteiger partial charge in [-0.25, -0.2) is 4.39 Å². The summed E-state index contributed by atoms with van der Waals surface area (Å²) in [6.45, 7) is 4.15. The highest BCUT2D eigenvalue weighted by molar-refractivity contribution is 9.10. The summed E-state index contributed by atoms with van der Waals surface area (Å²) in [6.07, 6.45) is 0.633. The van der Waals surface area contributed by atoms with Crippen molar-refractivity contribution in [2.24, 2.45) is 5.73 Å². The molecule has 2 aromatic rings. The fourth-order valence-electron chi connectivity index (χ4n) is 2.10. The van der Waals surface area contributed by atoms with Crippen LogP contribution >= 0.6 is 15.9 Å². The van der Waals surface area contributed by atoms with Gasteiger partial charge in [0, 0.05) is 11.6 Å². The van der Waals surface area contributed by atoms with Gasteiger partial charge in [-0.3, -0.25) is 0 Å². The minimum atomic E-state index is -0.334. The number of nitrogens with two attached hydrogens (primary N) is 1. The molecule has 2 rings (SSSR count). The average molecular weight is 322 g/mol. The van der Waals surface area contributed by atoms with Crippen LogP contribution in [-0.2, 0) is 6.42 Å². The largest absolute Gasteiger partial charge is 0.324 e. The van der Waals surface area contributed by atoms with Crippen LogP contribution in [0.4, 0.5) is 4.39 Å². The smallest absolute Gasteiger partial charge is 0.142 e. The van der Waals surface area contributed by atoms with Crippen LogP contribution in [0.15, 0.2) is 40.9 Å². The normalized spacial score (nSPS) is 12.5. The molecule has 0 aromatic heterocycles. The van der Waals surface area contributed by atoms with Gasteiger partial charge in [0.25, 0.3) is 0 Å². The average Bonchev–Trinajstić information content (AvgIpc) is 2.37. The van der Waals surface area contributed by atoms with Crippen molar-refractivity contribution in [3.05, 3.63) is 68.9 Å². The van der Waals surface area contributed by atoms with Gasteiger partial charge in [0.2, 0.25) is 0 Å². The molecule has 1 atom stereocenters.